The number of hydrogen-bond acceptors (Lipinski definition) is 3. The van der Waals surface area contributed by atoms with Crippen molar-refractivity contribution in [1.29, 1.82) is 0 Å². The van der Waals surface area contributed by atoms with Gasteiger partial charge in [-0.2, -0.15) is 0 Å². The maximum Gasteiger partial charge on any atom is 0.253 e. The van der Waals surface area contributed by atoms with Gasteiger partial charge in [0.1, 0.15) is 0 Å². The van der Waals surface area contributed by atoms with Gasteiger partial charge in [0.25, 0.3) is 5.91 Å². The number of rotatable bonds is 4. The summed E-state index contributed by atoms with van der Waals surface area (Å²) in [6.45, 7) is 4.99. The van der Waals surface area contributed by atoms with Gasteiger partial charge < -0.3 is 14.7 Å². The SMILES string of the molecule is CN(C(=O)c1ccc(N2CCC3(CC2)CCN(C2CCC2)CC3)cc1)C1CCCCC1. The molecule has 4 fully saturated rings. The number of likely N-dealkylation sites (tertiary alicyclic amines) is 1. The first kappa shape index (κ1) is 21.3. The molecule has 0 atom stereocenters. The molecule has 5 rings (SSSR count). The van der Waals surface area contributed by atoms with E-state index in [4.69, 9.17) is 0 Å². The molecule has 4 heteroatoms. The molecule has 1 aromatic rings. The van der Waals surface area contributed by atoms with E-state index in [0.717, 1.165) is 24.4 Å². The van der Waals surface area contributed by atoms with E-state index in [1.165, 1.54) is 96.1 Å². The fourth-order valence-electron chi connectivity index (χ4n) is 6.51. The Kier molecular flexibility index (Phi) is 6.28. The van der Waals surface area contributed by atoms with Gasteiger partial charge in [-0.05, 0) is 94.1 Å². The molecule has 0 unspecified atom stereocenters. The molecule has 1 spiro atoms. The first-order valence-corrected chi connectivity index (χ1v) is 13.0. The van der Waals surface area contributed by atoms with Crippen LogP contribution in [0.4, 0.5) is 5.69 Å². The molecule has 4 nitrogen and oxygen atoms in total. The highest BCUT2D eigenvalue weighted by Crippen LogP contribution is 2.43. The highest BCUT2D eigenvalue weighted by molar-refractivity contribution is 5.94. The van der Waals surface area contributed by atoms with Gasteiger partial charge in [-0.25, -0.2) is 0 Å². The molecule has 2 saturated carbocycles. The van der Waals surface area contributed by atoms with Crippen molar-refractivity contribution < 1.29 is 4.79 Å². The summed E-state index contributed by atoms with van der Waals surface area (Å²) in [6.07, 6.45) is 16.0. The summed E-state index contributed by atoms with van der Waals surface area (Å²) < 4.78 is 0. The van der Waals surface area contributed by atoms with Gasteiger partial charge in [0.15, 0.2) is 0 Å². The third-order valence-corrected chi connectivity index (χ3v) is 9.20. The molecule has 2 aliphatic heterocycles. The van der Waals surface area contributed by atoms with Crippen LogP contribution in [0.1, 0.15) is 87.4 Å². The monoisotopic (exact) mass is 423 g/mol. The average Bonchev–Trinajstić information content (AvgIpc) is 2.80. The summed E-state index contributed by atoms with van der Waals surface area (Å²) >= 11 is 0. The van der Waals surface area contributed by atoms with E-state index in [1.54, 1.807) is 0 Å². The highest BCUT2D eigenvalue weighted by atomic mass is 16.2. The number of nitrogens with zero attached hydrogens (tertiary/aromatic N) is 3. The van der Waals surface area contributed by atoms with E-state index >= 15 is 0 Å². The van der Waals surface area contributed by atoms with Crippen molar-refractivity contribution in [2.45, 2.75) is 89.1 Å². The smallest absolute Gasteiger partial charge is 0.253 e. The van der Waals surface area contributed by atoms with Gasteiger partial charge >= 0.3 is 0 Å². The normalized spacial score (nSPS) is 25.4. The first-order chi connectivity index (χ1) is 15.1. The van der Waals surface area contributed by atoms with Crippen molar-refractivity contribution in [3.05, 3.63) is 29.8 Å². The van der Waals surface area contributed by atoms with Crippen LogP contribution in [0.2, 0.25) is 0 Å². The molecule has 1 aromatic carbocycles. The topological polar surface area (TPSA) is 26.8 Å². The Balaban J connectivity index is 1.14. The zero-order valence-electron chi connectivity index (χ0n) is 19.5. The Hall–Kier alpha value is -1.55. The summed E-state index contributed by atoms with van der Waals surface area (Å²) in [5.41, 5.74) is 2.72. The fourth-order valence-corrected chi connectivity index (χ4v) is 6.51. The number of carbonyl (C=O) groups is 1. The maximum absolute atomic E-state index is 12.9. The number of benzene rings is 1. The van der Waals surface area contributed by atoms with Gasteiger partial charge in [0.05, 0.1) is 0 Å². The Morgan fingerprint density at radius 3 is 2.03 bits per heavy atom. The number of amides is 1. The van der Waals surface area contributed by atoms with E-state index in [0.29, 0.717) is 11.5 Å². The van der Waals surface area contributed by atoms with Crippen LogP contribution in [0.3, 0.4) is 0 Å². The highest BCUT2D eigenvalue weighted by Gasteiger charge is 2.39. The van der Waals surface area contributed by atoms with Crippen molar-refractivity contribution >= 4 is 11.6 Å². The third-order valence-electron chi connectivity index (χ3n) is 9.20. The van der Waals surface area contributed by atoms with Crippen molar-refractivity contribution in [2.24, 2.45) is 5.41 Å². The first-order valence-electron chi connectivity index (χ1n) is 13.0. The Bertz CT molecular complexity index is 732. The molecule has 1 amide bonds. The van der Waals surface area contributed by atoms with Crippen LogP contribution in [0.25, 0.3) is 0 Å². The zero-order valence-corrected chi connectivity index (χ0v) is 19.5. The van der Waals surface area contributed by atoms with Gasteiger partial charge in [0, 0.05) is 43.5 Å². The minimum atomic E-state index is 0.189. The molecule has 170 valence electrons. The summed E-state index contributed by atoms with van der Waals surface area (Å²) in [5.74, 6) is 0.189. The quantitative estimate of drug-likeness (QED) is 0.655. The van der Waals surface area contributed by atoms with Crippen LogP contribution < -0.4 is 4.90 Å². The molecule has 0 N–H and O–H groups in total. The molecular weight excluding hydrogens is 382 g/mol. The predicted octanol–water partition coefficient (Wildman–Crippen LogP) is 5.33. The van der Waals surface area contributed by atoms with Crippen molar-refractivity contribution in [3.8, 4) is 0 Å². The van der Waals surface area contributed by atoms with E-state index in [9.17, 15) is 4.79 Å². The molecule has 4 aliphatic rings. The van der Waals surface area contributed by atoms with Crippen molar-refractivity contribution in [1.82, 2.24) is 9.80 Å². The number of hydrogen-bond donors (Lipinski definition) is 0. The lowest BCUT2D eigenvalue weighted by atomic mass is 9.70. The van der Waals surface area contributed by atoms with E-state index in [1.807, 2.05) is 11.9 Å². The number of piperidine rings is 2. The Morgan fingerprint density at radius 1 is 0.839 bits per heavy atom. The Morgan fingerprint density at radius 2 is 1.45 bits per heavy atom. The maximum atomic E-state index is 12.9. The molecule has 0 bridgehead atoms. The molecule has 0 aromatic heterocycles. The molecular formula is C27H41N3O. The fraction of sp³-hybridized carbons (Fsp3) is 0.741. The second-order valence-corrected chi connectivity index (χ2v) is 10.9. The van der Waals surface area contributed by atoms with Gasteiger partial charge in [-0.15, -0.1) is 0 Å². The second-order valence-electron chi connectivity index (χ2n) is 10.9. The van der Waals surface area contributed by atoms with Crippen molar-refractivity contribution in [2.75, 3.05) is 38.1 Å². The van der Waals surface area contributed by atoms with E-state index in [2.05, 4.69) is 34.1 Å². The lowest BCUT2D eigenvalue weighted by Gasteiger charge is -2.50. The zero-order chi connectivity index (χ0) is 21.3. The van der Waals surface area contributed by atoms with Gasteiger partial charge in [-0.3, -0.25) is 4.79 Å². The van der Waals surface area contributed by atoms with Crippen LogP contribution in [0.5, 0.6) is 0 Å². The van der Waals surface area contributed by atoms with Crippen LogP contribution in [0.15, 0.2) is 24.3 Å². The van der Waals surface area contributed by atoms with Crippen LogP contribution in [0, 0.1) is 5.41 Å². The predicted molar refractivity (Wildman–Crippen MR) is 128 cm³/mol. The molecule has 31 heavy (non-hydrogen) atoms. The largest absolute Gasteiger partial charge is 0.371 e. The number of anilines is 1. The van der Waals surface area contributed by atoms with Crippen molar-refractivity contribution in [3.63, 3.8) is 0 Å². The van der Waals surface area contributed by atoms with Gasteiger partial charge in [0.2, 0.25) is 0 Å². The van der Waals surface area contributed by atoms with E-state index in [-0.39, 0.29) is 5.91 Å². The molecule has 2 aliphatic carbocycles. The lowest BCUT2D eigenvalue weighted by molar-refractivity contribution is 0.0306. The minimum absolute atomic E-state index is 0.189. The average molecular weight is 424 g/mol. The van der Waals surface area contributed by atoms with Crippen LogP contribution in [-0.2, 0) is 0 Å². The Labute approximate surface area is 189 Å². The summed E-state index contributed by atoms with van der Waals surface area (Å²) in [4.78, 5) is 20.3. The number of carbonyl (C=O) groups excluding carboxylic acids is 1. The van der Waals surface area contributed by atoms with E-state index < -0.39 is 0 Å². The third kappa shape index (κ3) is 4.51. The lowest BCUT2D eigenvalue weighted by Crippen LogP contribution is -2.50. The molecule has 2 saturated heterocycles. The minimum Gasteiger partial charge on any atom is -0.371 e. The standard InChI is InChI=1S/C27H41N3O/c1-28(23-6-3-2-4-7-23)26(31)22-10-12-25(13-11-22)30-20-16-27(17-21-30)14-18-29(19-15-27)24-8-5-9-24/h10-13,23-24H,2-9,14-21H2,1H3. The summed E-state index contributed by atoms with van der Waals surface area (Å²) in [6, 6.07) is 9.81. The van der Waals surface area contributed by atoms with Crippen LogP contribution >= 0.6 is 0 Å². The second kappa shape index (κ2) is 9.13. The molecule has 2 heterocycles. The summed E-state index contributed by atoms with van der Waals surface area (Å²) in [7, 11) is 1.99. The summed E-state index contributed by atoms with van der Waals surface area (Å²) in [5, 5.41) is 0. The van der Waals surface area contributed by atoms with Crippen LogP contribution in [-0.4, -0.2) is 61.0 Å². The van der Waals surface area contributed by atoms with Gasteiger partial charge in [-0.1, -0.05) is 25.7 Å². The molecule has 0 radical (unpaired) electrons.